The molecule has 1 aliphatic heterocycles. The summed E-state index contributed by atoms with van der Waals surface area (Å²) < 4.78 is 0. The lowest BCUT2D eigenvalue weighted by molar-refractivity contribution is 0.0270. The lowest BCUT2D eigenvalue weighted by Gasteiger charge is -2.50. The smallest absolute Gasteiger partial charge is 0.0274 e. The van der Waals surface area contributed by atoms with Crippen LogP contribution in [0.5, 0.6) is 0 Å². The largest absolute Gasteiger partial charge is 0.312 e. The second kappa shape index (κ2) is 5.92. The molecule has 18 heavy (non-hydrogen) atoms. The van der Waals surface area contributed by atoms with Crippen LogP contribution in [0.2, 0.25) is 0 Å². The van der Waals surface area contributed by atoms with Crippen molar-refractivity contribution in [2.75, 3.05) is 19.6 Å². The van der Waals surface area contributed by atoms with Crippen LogP contribution in [0.4, 0.5) is 0 Å². The maximum absolute atomic E-state index is 3.80. The Morgan fingerprint density at radius 3 is 2.67 bits per heavy atom. The highest BCUT2D eigenvalue weighted by atomic mass is 15.2. The zero-order valence-electron chi connectivity index (χ0n) is 12.8. The molecule has 0 spiro atoms. The van der Waals surface area contributed by atoms with E-state index >= 15 is 0 Å². The molecule has 106 valence electrons. The van der Waals surface area contributed by atoms with Crippen molar-refractivity contribution in [2.24, 2.45) is 11.3 Å². The Labute approximate surface area is 114 Å². The first kappa shape index (κ1) is 14.3. The van der Waals surface area contributed by atoms with Crippen LogP contribution in [0.1, 0.15) is 59.8 Å². The third-order valence-corrected chi connectivity index (χ3v) is 5.13. The zero-order chi connectivity index (χ0) is 13.2. The average Bonchev–Trinajstić information content (AvgIpc) is 2.31. The predicted molar refractivity (Wildman–Crippen MR) is 78.9 cm³/mol. The van der Waals surface area contributed by atoms with Gasteiger partial charge in [-0.3, -0.25) is 4.90 Å². The van der Waals surface area contributed by atoms with E-state index in [1.165, 1.54) is 45.2 Å². The first-order valence-electron chi connectivity index (χ1n) is 8.02. The van der Waals surface area contributed by atoms with Crippen molar-refractivity contribution in [3.05, 3.63) is 0 Å². The van der Waals surface area contributed by atoms with Gasteiger partial charge in [0.2, 0.25) is 0 Å². The second-order valence-corrected chi connectivity index (χ2v) is 7.23. The van der Waals surface area contributed by atoms with Crippen molar-refractivity contribution < 1.29 is 0 Å². The lowest BCUT2D eigenvalue weighted by Crippen LogP contribution is -2.60. The summed E-state index contributed by atoms with van der Waals surface area (Å²) in [5.41, 5.74) is 0.458. The minimum atomic E-state index is 0.458. The number of rotatable bonds is 3. The fourth-order valence-corrected chi connectivity index (χ4v) is 4.16. The monoisotopic (exact) mass is 252 g/mol. The van der Waals surface area contributed by atoms with E-state index in [9.17, 15) is 0 Å². The predicted octanol–water partition coefficient (Wildman–Crippen LogP) is 3.28. The van der Waals surface area contributed by atoms with E-state index in [1.807, 2.05) is 0 Å². The van der Waals surface area contributed by atoms with E-state index in [1.54, 1.807) is 0 Å². The zero-order valence-corrected chi connectivity index (χ0v) is 12.8. The van der Waals surface area contributed by atoms with Crippen LogP contribution in [0.25, 0.3) is 0 Å². The highest BCUT2D eigenvalue weighted by Gasteiger charge is 2.41. The summed E-state index contributed by atoms with van der Waals surface area (Å²) in [6.45, 7) is 13.3. The summed E-state index contributed by atoms with van der Waals surface area (Å²) in [6, 6.07) is 1.46. The molecule has 0 amide bonds. The summed E-state index contributed by atoms with van der Waals surface area (Å²) in [4.78, 5) is 2.79. The van der Waals surface area contributed by atoms with Gasteiger partial charge in [0, 0.05) is 18.6 Å². The van der Waals surface area contributed by atoms with Crippen LogP contribution in [0.3, 0.4) is 0 Å². The molecule has 0 aromatic rings. The standard InChI is InChI=1S/C16H32N2/c1-5-17-15-14(9-6-10-16(15,3)4)18-11-7-8-13(2)12-18/h13-15,17H,5-12H2,1-4H3. The lowest BCUT2D eigenvalue weighted by atomic mass is 9.70. The molecule has 0 aromatic heterocycles. The Bertz CT molecular complexity index is 262. The third kappa shape index (κ3) is 3.08. The van der Waals surface area contributed by atoms with E-state index in [0.717, 1.165) is 18.5 Å². The first-order valence-corrected chi connectivity index (χ1v) is 8.02. The molecule has 1 saturated heterocycles. The number of nitrogens with zero attached hydrogens (tertiary/aromatic N) is 1. The minimum Gasteiger partial charge on any atom is -0.312 e. The Morgan fingerprint density at radius 1 is 1.22 bits per heavy atom. The van der Waals surface area contributed by atoms with Gasteiger partial charge in [-0.15, -0.1) is 0 Å². The highest BCUT2D eigenvalue weighted by Crippen LogP contribution is 2.38. The van der Waals surface area contributed by atoms with Crippen molar-refractivity contribution >= 4 is 0 Å². The summed E-state index contributed by atoms with van der Waals surface area (Å²) >= 11 is 0. The van der Waals surface area contributed by atoms with Gasteiger partial charge in [-0.1, -0.05) is 34.1 Å². The fraction of sp³-hybridized carbons (Fsp3) is 1.00. The molecule has 2 nitrogen and oxygen atoms in total. The van der Waals surface area contributed by atoms with Gasteiger partial charge in [0.05, 0.1) is 0 Å². The van der Waals surface area contributed by atoms with Gasteiger partial charge in [-0.05, 0) is 50.1 Å². The molecule has 2 rings (SSSR count). The molecule has 1 saturated carbocycles. The molecule has 2 fully saturated rings. The van der Waals surface area contributed by atoms with E-state index in [-0.39, 0.29) is 0 Å². The van der Waals surface area contributed by atoms with Gasteiger partial charge >= 0.3 is 0 Å². The molecule has 3 atom stereocenters. The number of likely N-dealkylation sites (tertiary alicyclic amines) is 1. The van der Waals surface area contributed by atoms with Gasteiger partial charge in [0.15, 0.2) is 0 Å². The summed E-state index contributed by atoms with van der Waals surface area (Å²) in [5.74, 6) is 0.895. The maximum Gasteiger partial charge on any atom is 0.0274 e. The van der Waals surface area contributed by atoms with Crippen molar-refractivity contribution in [1.82, 2.24) is 10.2 Å². The second-order valence-electron chi connectivity index (χ2n) is 7.23. The van der Waals surface area contributed by atoms with E-state index in [4.69, 9.17) is 0 Å². The molecule has 2 aliphatic rings. The summed E-state index contributed by atoms with van der Waals surface area (Å²) in [5, 5.41) is 3.80. The molecule has 1 heterocycles. The first-order chi connectivity index (χ1) is 8.54. The van der Waals surface area contributed by atoms with Crippen molar-refractivity contribution in [3.8, 4) is 0 Å². The van der Waals surface area contributed by atoms with Gasteiger partial charge in [0.25, 0.3) is 0 Å². The van der Waals surface area contributed by atoms with E-state index in [0.29, 0.717) is 11.5 Å². The van der Waals surface area contributed by atoms with Crippen LogP contribution in [0.15, 0.2) is 0 Å². The van der Waals surface area contributed by atoms with Gasteiger partial charge in [-0.2, -0.15) is 0 Å². The molecule has 0 radical (unpaired) electrons. The van der Waals surface area contributed by atoms with Crippen molar-refractivity contribution in [1.29, 1.82) is 0 Å². The van der Waals surface area contributed by atoms with Crippen molar-refractivity contribution in [3.63, 3.8) is 0 Å². The number of piperidine rings is 1. The molecule has 1 aliphatic carbocycles. The summed E-state index contributed by atoms with van der Waals surface area (Å²) in [7, 11) is 0. The van der Waals surface area contributed by atoms with Crippen LogP contribution in [-0.4, -0.2) is 36.6 Å². The average molecular weight is 252 g/mol. The van der Waals surface area contributed by atoms with Gasteiger partial charge < -0.3 is 5.32 Å². The molecule has 2 heteroatoms. The van der Waals surface area contributed by atoms with E-state index < -0.39 is 0 Å². The molecule has 3 unspecified atom stereocenters. The number of likely N-dealkylation sites (N-methyl/N-ethyl adjacent to an activating group) is 1. The number of nitrogens with one attached hydrogen (secondary N) is 1. The van der Waals surface area contributed by atoms with Crippen LogP contribution in [0, 0.1) is 11.3 Å². The fourth-order valence-electron chi connectivity index (χ4n) is 4.16. The highest BCUT2D eigenvalue weighted by molar-refractivity contribution is 4.98. The van der Waals surface area contributed by atoms with Gasteiger partial charge in [-0.25, -0.2) is 0 Å². The van der Waals surface area contributed by atoms with Crippen LogP contribution < -0.4 is 5.32 Å². The Morgan fingerprint density at radius 2 is 2.00 bits per heavy atom. The Balaban J connectivity index is 2.08. The molecule has 1 N–H and O–H groups in total. The molecular weight excluding hydrogens is 220 g/mol. The summed E-state index contributed by atoms with van der Waals surface area (Å²) in [6.07, 6.45) is 7.01. The normalized spacial score (nSPS) is 37.7. The quantitative estimate of drug-likeness (QED) is 0.829. The Kier molecular flexibility index (Phi) is 4.71. The third-order valence-electron chi connectivity index (χ3n) is 5.13. The minimum absolute atomic E-state index is 0.458. The Hall–Kier alpha value is -0.0800. The van der Waals surface area contributed by atoms with Crippen LogP contribution >= 0.6 is 0 Å². The van der Waals surface area contributed by atoms with E-state index in [2.05, 4.69) is 37.9 Å². The SMILES string of the molecule is CCNC1C(N2CCCC(C)C2)CCCC1(C)C. The maximum atomic E-state index is 3.80. The number of hydrogen-bond acceptors (Lipinski definition) is 2. The van der Waals surface area contributed by atoms with Crippen molar-refractivity contribution in [2.45, 2.75) is 71.9 Å². The molecule has 0 aromatic carbocycles. The van der Waals surface area contributed by atoms with Crippen LogP contribution in [-0.2, 0) is 0 Å². The molecular formula is C16H32N2. The van der Waals surface area contributed by atoms with Gasteiger partial charge in [0.1, 0.15) is 0 Å². The molecule has 0 bridgehead atoms. The number of hydrogen-bond donors (Lipinski definition) is 1. The topological polar surface area (TPSA) is 15.3 Å².